The lowest BCUT2D eigenvalue weighted by Crippen LogP contribution is -2.29. The summed E-state index contributed by atoms with van der Waals surface area (Å²) in [5.41, 5.74) is 6.95. The second kappa shape index (κ2) is 7.31. The lowest BCUT2D eigenvalue weighted by molar-refractivity contribution is -0.119. The van der Waals surface area contributed by atoms with E-state index in [1.807, 2.05) is 18.2 Å². The van der Waals surface area contributed by atoms with Gasteiger partial charge in [-0.05, 0) is 35.9 Å². The van der Waals surface area contributed by atoms with Crippen LogP contribution < -0.4 is 25.8 Å². The fourth-order valence-corrected chi connectivity index (χ4v) is 2.59. The van der Waals surface area contributed by atoms with Crippen LogP contribution in [0.3, 0.4) is 0 Å². The molecule has 1 heterocycles. The molecule has 1 aliphatic rings. The van der Waals surface area contributed by atoms with Crippen LogP contribution in [-0.2, 0) is 11.3 Å². The third kappa shape index (κ3) is 4.13. The van der Waals surface area contributed by atoms with Crippen molar-refractivity contribution in [1.82, 2.24) is 5.32 Å². The number of primary amides is 1. The maximum absolute atomic E-state index is 11.9. The Morgan fingerprint density at radius 3 is 2.68 bits per heavy atom. The van der Waals surface area contributed by atoms with E-state index in [1.54, 1.807) is 12.1 Å². The Morgan fingerprint density at radius 2 is 1.92 bits per heavy atom. The molecule has 0 atom stereocenters. The molecule has 0 aromatic heterocycles. The summed E-state index contributed by atoms with van der Waals surface area (Å²) in [6, 6.07) is 10.2. The van der Waals surface area contributed by atoms with Crippen LogP contribution in [0, 0.1) is 0 Å². The van der Waals surface area contributed by atoms with Crippen molar-refractivity contribution in [2.75, 3.05) is 18.7 Å². The third-order valence-electron chi connectivity index (χ3n) is 3.61. The number of hydrogen-bond acceptors (Lipinski definition) is 5. The molecule has 0 bridgehead atoms. The fourth-order valence-electron chi connectivity index (χ4n) is 2.32. The van der Waals surface area contributed by atoms with Gasteiger partial charge in [-0.2, -0.15) is 0 Å². The summed E-state index contributed by atoms with van der Waals surface area (Å²) in [6.07, 6.45) is 0. The van der Waals surface area contributed by atoms with E-state index in [-0.39, 0.29) is 29.8 Å². The topological polar surface area (TPSA) is 103 Å². The van der Waals surface area contributed by atoms with Gasteiger partial charge in [0.05, 0.1) is 17.1 Å². The summed E-state index contributed by atoms with van der Waals surface area (Å²) in [7, 11) is 0. The van der Waals surface area contributed by atoms with Gasteiger partial charge in [-0.25, -0.2) is 0 Å². The number of nitrogens with one attached hydrogen (secondary N) is 2. The number of ether oxygens (including phenoxy) is 2. The van der Waals surface area contributed by atoms with E-state index in [0.29, 0.717) is 23.7 Å². The highest BCUT2D eigenvalue weighted by molar-refractivity contribution is 6.34. The van der Waals surface area contributed by atoms with Gasteiger partial charge in [0, 0.05) is 12.2 Å². The summed E-state index contributed by atoms with van der Waals surface area (Å²) in [6.45, 7) is 0.654. The first kappa shape index (κ1) is 16.9. The van der Waals surface area contributed by atoms with Crippen LogP contribution in [0.25, 0.3) is 0 Å². The van der Waals surface area contributed by atoms with Crippen LogP contribution in [0.5, 0.6) is 11.5 Å². The van der Waals surface area contributed by atoms with Crippen LogP contribution in [0.4, 0.5) is 5.69 Å². The molecule has 0 spiro atoms. The molecule has 4 N–H and O–H groups in total. The highest BCUT2D eigenvalue weighted by Crippen LogP contribution is 2.32. The molecule has 0 saturated carbocycles. The molecule has 0 unspecified atom stereocenters. The van der Waals surface area contributed by atoms with Crippen LogP contribution in [0.1, 0.15) is 15.9 Å². The molecule has 7 nitrogen and oxygen atoms in total. The maximum Gasteiger partial charge on any atom is 0.250 e. The van der Waals surface area contributed by atoms with Gasteiger partial charge in [0.2, 0.25) is 18.6 Å². The van der Waals surface area contributed by atoms with Crippen molar-refractivity contribution < 1.29 is 19.1 Å². The van der Waals surface area contributed by atoms with Crippen molar-refractivity contribution in [1.29, 1.82) is 0 Å². The molecule has 2 aromatic carbocycles. The molecule has 1 aliphatic heterocycles. The summed E-state index contributed by atoms with van der Waals surface area (Å²) in [5, 5.41) is 5.97. The minimum atomic E-state index is -0.599. The molecular weight excluding hydrogens is 346 g/mol. The highest BCUT2D eigenvalue weighted by atomic mass is 35.5. The standard InChI is InChI=1S/C17H16ClN3O4/c18-13-6-11(2-3-12(13)17(19)23)20-8-16(22)21-7-10-1-4-14-15(5-10)25-9-24-14/h1-6,20H,7-9H2,(H2,19,23)(H,21,22). The zero-order chi connectivity index (χ0) is 17.8. The number of rotatable bonds is 6. The van der Waals surface area contributed by atoms with Crippen molar-refractivity contribution >= 4 is 29.1 Å². The van der Waals surface area contributed by atoms with Crippen LogP contribution in [0.2, 0.25) is 5.02 Å². The Balaban J connectivity index is 1.50. The molecule has 2 aromatic rings. The van der Waals surface area contributed by atoms with E-state index in [2.05, 4.69) is 10.6 Å². The van der Waals surface area contributed by atoms with Crippen molar-refractivity contribution in [2.45, 2.75) is 6.54 Å². The SMILES string of the molecule is NC(=O)c1ccc(NCC(=O)NCc2ccc3c(c2)OCO3)cc1Cl. The van der Waals surface area contributed by atoms with Crippen molar-refractivity contribution in [3.05, 3.63) is 52.5 Å². The molecule has 0 saturated heterocycles. The molecule has 3 rings (SSSR count). The second-order valence-electron chi connectivity index (χ2n) is 5.38. The Hall–Kier alpha value is -2.93. The number of fused-ring (bicyclic) bond motifs is 1. The van der Waals surface area contributed by atoms with Gasteiger partial charge in [0.1, 0.15) is 0 Å². The Labute approximate surface area is 149 Å². The van der Waals surface area contributed by atoms with Crippen molar-refractivity contribution in [3.63, 3.8) is 0 Å². The lowest BCUT2D eigenvalue weighted by atomic mass is 10.2. The predicted octanol–water partition coefficient (Wildman–Crippen LogP) is 1.90. The van der Waals surface area contributed by atoms with Crippen molar-refractivity contribution in [2.24, 2.45) is 5.73 Å². The smallest absolute Gasteiger partial charge is 0.250 e. The van der Waals surface area contributed by atoms with E-state index in [1.165, 1.54) is 6.07 Å². The van der Waals surface area contributed by atoms with E-state index in [4.69, 9.17) is 26.8 Å². The zero-order valence-corrected chi connectivity index (χ0v) is 13.9. The normalized spacial score (nSPS) is 11.9. The molecule has 8 heteroatoms. The Bertz CT molecular complexity index is 826. The van der Waals surface area contributed by atoms with E-state index < -0.39 is 5.91 Å². The van der Waals surface area contributed by atoms with Gasteiger partial charge in [0.15, 0.2) is 11.5 Å². The molecular formula is C17H16ClN3O4. The number of carbonyl (C=O) groups is 2. The maximum atomic E-state index is 11.9. The second-order valence-corrected chi connectivity index (χ2v) is 5.78. The average molecular weight is 362 g/mol. The number of amides is 2. The van der Waals surface area contributed by atoms with Gasteiger partial charge in [-0.3, -0.25) is 9.59 Å². The quantitative estimate of drug-likeness (QED) is 0.729. The zero-order valence-electron chi connectivity index (χ0n) is 13.2. The first-order valence-electron chi connectivity index (χ1n) is 7.51. The minimum Gasteiger partial charge on any atom is -0.454 e. The summed E-state index contributed by atoms with van der Waals surface area (Å²) >= 11 is 5.96. The third-order valence-corrected chi connectivity index (χ3v) is 3.93. The summed E-state index contributed by atoms with van der Waals surface area (Å²) < 4.78 is 10.5. The highest BCUT2D eigenvalue weighted by Gasteiger charge is 2.13. The first-order valence-corrected chi connectivity index (χ1v) is 7.89. The number of halogens is 1. The minimum absolute atomic E-state index is 0.0663. The largest absolute Gasteiger partial charge is 0.454 e. The van der Waals surface area contributed by atoms with Gasteiger partial charge in [-0.1, -0.05) is 17.7 Å². The summed E-state index contributed by atoms with van der Waals surface area (Å²) in [4.78, 5) is 23.1. The Kier molecular flexibility index (Phi) is 4.95. The Morgan fingerprint density at radius 1 is 1.12 bits per heavy atom. The van der Waals surface area contributed by atoms with Gasteiger partial charge >= 0.3 is 0 Å². The molecule has 2 amide bonds. The van der Waals surface area contributed by atoms with Crippen molar-refractivity contribution in [3.8, 4) is 11.5 Å². The van der Waals surface area contributed by atoms with E-state index in [0.717, 1.165) is 5.56 Å². The molecule has 0 fully saturated rings. The first-order chi connectivity index (χ1) is 12.0. The lowest BCUT2D eigenvalue weighted by Gasteiger charge is -2.09. The average Bonchev–Trinajstić information content (AvgIpc) is 3.05. The van der Waals surface area contributed by atoms with E-state index in [9.17, 15) is 9.59 Å². The van der Waals surface area contributed by atoms with Gasteiger partial charge in [0.25, 0.3) is 0 Å². The molecule has 25 heavy (non-hydrogen) atoms. The summed E-state index contributed by atoms with van der Waals surface area (Å²) in [5.74, 6) is 0.591. The molecule has 0 aliphatic carbocycles. The number of carbonyl (C=O) groups excluding carboxylic acids is 2. The monoisotopic (exact) mass is 361 g/mol. The number of hydrogen-bond donors (Lipinski definition) is 3. The number of anilines is 1. The number of benzene rings is 2. The predicted molar refractivity (Wildman–Crippen MR) is 92.9 cm³/mol. The van der Waals surface area contributed by atoms with Crippen LogP contribution in [0.15, 0.2) is 36.4 Å². The van der Waals surface area contributed by atoms with E-state index >= 15 is 0 Å². The fraction of sp³-hybridized carbons (Fsp3) is 0.176. The van der Waals surface area contributed by atoms with Crippen LogP contribution in [-0.4, -0.2) is 25.2 Å². The number of nitrogens with two attached hydrogens (primary N) is 1. The van der Waals surface area contributed by atoms with Gasteiger partial charge < -0.3 is 25.8 Å². The molecule has 0 radical (unpaired) electrons. The van der Waals surface area contributed by atoms with Crippen LogP contribution >= 0.6 is 11.6 Å². The van der Waals surface area contributed by atoms with Gasteiger partial charge in [-0.15, -0.1) is 0 Å². The molecule has 130 valence electrons.